The first-order chi connectivity index (χ1) is 17.9. The van der Waals surface area contributed by atoms with Crippen molar-refractivity contribution in [3.8, 4) is 0 Å². The Kier molecular flexibility index (Phi) is 6.96. The SMILES string of the molecule is Cc1ccc(S(=O)(=O)N2C(Cc3ccccc3)=N[C@H](C(=O)c3ccccc3)[C@H]2c2ccccc2Cl)cc1. The fourth-order valence-corrected chi connectivity index (χ4v) is 6.45. The Labute approximate surface area is 222 Å². The number of carbonyl (C=O) groups is 1. The minimum Gasteiger partial charge on any atom is -0.292 e. The average Bonchev–Trinajstić information content (AvgIpc) is 3.29. The zero-order chi connectivity index (χ0) is 26.0. The molecule has 0 unspecified atom stereocenters. The van der Waals surface area contributed by atoms with Crippen LogP contribution in [0.5, 0.6) is 0 Å². The number of hydrogen-bond donors (Lipinski definition) is 0. The standard InChI is InChI=1S/C30H25ClN2O3S/c1-21-16-18-24(19-17-21)37(35,36)33-27(20-22-10-4-2-5-11-22)32-28(30(34)23-12-6-3-7-13-23)29(33)25-14-8-9-15-26(25)31/h2-19,28-29H,20H2,1H3/t28-,29+/m0/s1. The molecule has 5 nitrogen and oxygen atoms in total. The zero-order valence-electron chi connectivity index (χ0n) is 20.2. The summed E-state index contributed by atoms with van der Waals surface area (Å²) in [5.74, 6) is 0.0312. The van der Waals surface area contributed by atoms with Crippen molar-refractivity contribution in [2.24, 2.45) is 4.99 Å². The van der Waals surface area contributed by atoms with Gasteiger partial charge in [-0.3, -0.25) is 9.79 Å². The van der Waals surface area contributed by atoms with Gasteiger partial charge in [0, 0.05) is 17.0 Å². The number of aliphatic imine (C=N–C) groups is 1. The summed E-state index contributed by atoms with van der Waals surface area (Å²) in [6.45, 7) is 1.90. The number of halogens is 1. The number of carbonyl (C=O) groups excluding carboxylic acids is 1. The summed E-state index contributed by atoms with van der Waals surface area (Å²) >= 11 is 6.63. The van der Waals surface area contributed by atoms with Crippen LogP contribution in [0.3, 0.4) is 0 Å². The van der Waals surface area contributed by atoms with Gasteiger partial charge >= 0.3 is 0 Å². The van der Waals surface area contributed by atoms with Gasteiger partial charge in [0.15, 0.2) is 5.78 Å². The van der Waals surface area contributed by atoms with E-state index in [1.165, 1.54) is 4.31 Å². The van der Waals surface area contributed by atoms with E-state index >= 15 is 0 Å². The smallest absolute Gasteiger partial charge is 0.265 e. The molecular formula is C30H25ClN2O3S. The summed E-state index contributed by atoms with van der Waals surface area (Å²) in [7, 11) is -4.10. The maximum atomic E-state index is 14.2. The minimum atomic E-state index is -4.10. The van der Waals surface area contributed by atoms with Gasteiger partial charge in [-0.05, 0) is 36.2 Å². The molecule has 4 aromatic carbocycles. The summed E-state index contributed by atoms with van der Waals surface area (Å²) in [5.41, 5.74) is 2.82. The number of rotatable bonds is 7. The molecular weight excluding hydrogens is 504 g/mol. The lowest BCUT2D eigenvalue weighted by Gasteiger charge is -2.30. The molecule has 1 heterocycles. The predicted molar refractivity (Wildman–Crippen MR) is 147 cm³/mol. The van der Waals surface area contributed by atoms with Gasteiger partial charge in [-0.2, -0.15) is 0 Å². The number of hydrogen-bond acceptors (Lipinski definition) is 4. The highest BCUT2D eigenvalue weighted by Crippen LogP contribution is 2.41. The van der Waals surface area contributed by atoms with Crippen LogP contribution < -0.4 is 0 Å². The van der Waals surface area contributed by atoms with Gasteiger partial charge < -0.3 is 0 Å². The third-order valence-corrected chi connectivity index (χ3v) is 8.60. The highest BCUT2D eigenvalue weighted by molar-refractivity contribution is 7.89. The molecule has 2 atom stereocenters. The van der Waals surface area contributed by atoms with E-state index in [0.29, 0.717) is 22.0 Å². The van der Waals surface area contributed by atoms with Gasteiger partial charge in [-0.1, -0.05) is 108 Å². The van der Waals surface area contributed by atoms with Gasteiger partial charge in [0.2, 0.25) is 0 Å². The first kappa shape index (κ1) is 24.9. The van der Waals surface area contributed by atoms with Gasteiger partial charge in [0.25, 0.3) is 10.0 Å². The van der Waals surface area contributed by atoms with Crippen molar-refractivity contribution in [1.29, 1.82) is 0 Å². The van der Waals surface area contributed by atoms with Crippen LogP contribution in [-0.2, 0) is 16.4 Å². The van der Waals surface area contributed by atoms with Crippen LogP contribution in [0, 0.1) is 6.92 Å². The van der Waals surface area contributed by atoms with E-state index in [9.17, 15) is 13.2 Å². The van der Waals surface area contributed by atoms with E-state index in [1.54, 1.807) is 72.8 Å². The molecule has 186 valence electrons. The van der Waals surface area contributed by atoms with Crippen LogP contribution in [0.25, 0.3) is 0 Å². The highest BCUT2D eigenvalue weighted by Gasteiger charge is 2.48. The van der Waals surface area contributed by atoms with Crippen LogP contribution in [0.4, 0.5) is 0 Å². The maximum absolute atomic E-state index is 14.2. The number of benzene rings is 4. The van der Waals surface area contributed by atoms with Crippen molar-refractivity contribution in [2.75, 3.05) is 0 Å². The second-order valence-corrected chi connectivity index (χ2v) is 11.2. The molecule has 7 heteroatoms. The summed E-state index contributed by atoms with van der Waals surface area (Å²) in [6.07, 6.45) is 0.242. The van der Waals surface area contributed by atoms with Crippen LogP contribution in [0.15, 0.2) is 119 Å². The molecule has 4 aromatic rings. The molecule has 0 radical (unpaired) electrons. The van der Waals surface area contributed by atoms with Crippen molar-refractivity contribution < 1.29 is 13.2 Å². The molecule has 0 aliphatic carbocycles. The van der Waals surface area contributed by atoms with Crippen molar-refractivity contribution in [3.63, 3.8) is 0 Å². The third-order valence-electron chi connectivity index (χ3n) is 6.43. The van der Waals surface area contributed by atoms with Crippen LogP contribution >= 0.6 is 11.6 Å². The molecule has 0 bridgehead atoms. The summed E-state index contributed by atoms with van der Waals surface area (Å²) in [4.78, 5) is 18.8. The first-order valence-electron chi connectivity index (χ1n) is 11.9. The normalized spacial score (nSPS) is 17.5. The number of sulfonamides is 1. The van der Waals surface area contributed by atoms with E-state index in [4.69, 9.17) is 16.6 Å². The maximum Gasteiger partial charge on any atom is 0.265 e. The van der Waals surface area contributed by atoms with Gasteiger partial charge in [-0.25, -0.2) is 12.7 Å². The second-order valence-electron chi connectivity index (χ2n) is 8.96. The largest absolute Gasteiger partial charge is 0.292 e. The third kappa shape index (κ3) is 4.95. The number of amidine groups is 1. The molecule has 0 saturated heterocycles. The molecule has 5 rings (SSSR count). The van der Waals surface area contributed by atoms with Crippen molar-refractivity contribution >= 4 is 33.2 Å². The number of Topliss-reactive ketones (excluding diaryl/α,β-unsaturated/α-hetero) is 1. The van der Waals surface area contributed by atoms with Gasteiger partial charge in [0.05, 0.1) is 4.90 Å². The van der Waals surface area contributed by atoms with Crippen molar-refractivity contribution in [3.05, 3.63) is 136 Å². The average molecular weight is 529 g/mol. The molecule has 0 N–H and O–H groups in total. The molecule has 37 heavy (non-hydrogen) atoms. The minimum absolute atomic E-state index is 0.128. The van der Waals surface area contributed by atoms with Crippen molar-refractivity contribution in [2.45, 2.75) is 30.3 Å². The number of nitrogens with zero attached hydrogens (tertiary/aromatic N) is 2. The molecule has 1 aliphatic rings. The summed E-state index contributed by atoms with van der Waals surface area (Å²) in [6, 6.07) is 30.1. The van der Waals surface area contributed by atoms with Crippen molar-refractivity contribution in [1.82, 2.24) is 4.31 Å². The number of ketones is 1. The fourth-order valence-electron chi connectivity index (χ4n) is 4.58. The molecule has 0 amide bonds. The predicted octanol–water partition coefficient (Wildman–Crippen LogP) is 6.29. The lowest BCUT2D eigenvalue weighted by Crippen LogP contribution is -2.40. The first-order valence-corrected chi connectivity index (χ1v) is 13.7. The Morgan fingerprint density at radius 3 is 2.08 bits per heavy atom. The summed E-state index contributed by atoms with van der Waals surface area (Å²) in [5, 5.41) is 0.374. The molecule has 0 aromatic heterocycles. The zero-order valence-corrected chi connectivity index (χ0v) is 21.7. The van der Waals surface area contributed by atoms with E-state index in [2.05, 4.69) is 0 Å². The Hall–Kier alpha value is -3.74. The highest BCUT2D eigenvalue weighted by atomic mass is 35.5. The van der Waals surface area contributed by atoms with Crippen LogP contribution in [-0.4, -0.2) is 30.4 Å². The quantitative estimate of drug-likeness (QED) is 0.265. The topological polar surface area (TPSA) is 66.8 Å². The molecule has 0 spiro atoms. The Morgan fingerprint density at radius 2 is 1.43 bits per heavy atom. The van der Waals surface area contributed by atoms with E-state index in [0.717, 1.165) is 11.1 Å². The Morgan fingerprint density at radius 1 is 0.838 bits per heavy atom. The monoisotopic (exact) mass is 528 g/mol. The van der Waals surface area contributed by atoms with E-state index in [-0.39, 0.29) is 17.1 Å². The summed E-state index contributed by atoms with van der Waals surface area (Å²) < 4.78 is 29.8. The fraction of sp³-hybridized carbons (Fsp3) is 0.133. The van der Waals surface area contributed by atoms with E-state index in [1.807, 2.05) is 43.3 Å². The Balaban J connectivity index is 1.71. The van der Waals surface area contributed by atoms with Crippen LogP contribution in [0.1, 0.15) is 33.1 Å². The van der Waals surface area contributed by atoms with Gasteiger partial charge in [0.1, 0.15) is 17.9 Å². The van der Waals surface area contributed by atoms with Crippen LogP contribution in [0.2, 0.25) is 5.02 Å². The number of aryl methyl sites for hydroxylation is 1. The lowest BCUT2D eigenvalue weighted by molar-refractivity contribution is 0.0944. The molecule has 0 saturated carbocycles. The Bertz CT molecular complexity index is 1550. The molecule has 1 aliphatic heterocycles. The molecule has 0 fully saturated rings. The van der Waals surface area contributed by atoms with Gasteiger partial charge in [-0.15, -0.1) is 0 Å². The lowest BCUT2D eigenvalue weighted by atomic mass is 9.94. The second kappa shape index (κ2) is 10.3. The van der Waals surface area contributed by atoms with E-state index < -0.39 is 22.1 Å².